The number of methoxy groups -OCH3 is 1. The van der Waals surface area contributed by atoms with E-state index in [2.05, 4.69) is 0 Å². The highest BCUT2D eigenvalue weighted by atomic mass is 16.5. The number of aliphatic hydroxyl groups is 1. The van der Waals surface area contributed by atoms with E-state index in [0.717, 1.165) is 5.56 Å². The number of hydrogen-bond acceptors (Lipinski definition) is 4. The lowest BCUT2D eigenvalue weighted by molar-refractivity contribution is -0.132. The fraction of sp³-hybridized carbons (Fsp3) is 0.130. The van der Waals surface area contributed by atoms with Crippen molar-refractivity contribution in [2.24, 2.45) is 0 Å². The lowest BCUT2D eigenvalue weighted by Crippen LogP contribution is -2.41. The molecular weight excluding hydrogens is 354 g/mol. The first-order chi connectivity index (χ1) is 13.6. The van der Waals surface area contributed by atoms with Gasteiger partial charge >= 0.3 is 5.97 Å². The molecule has 0 aromatic heterocycles. The molecule has 1 N–H and O–H groups in total. The zero-order valence-electron chi connectivity index (χ0n) is 15.3. The van der Waals surface area contributed by atoms with Crippen molar-refractivity contribution >= 4 is 17.6 Å². The molecular formula is C23H19NO4. The van der Waals surface area contributed by atoms with Gasteiger partial charge in [0.2, 0.25) is 0 Å². The molecule has 0 fully saturated rings. The molecule has 5 heteroatoms. The van der Waals surface area contributed by atoms with Crippen LogP contribution in [0.1, 0.15) is 27.0 Å². The molecule has 1 atom stereocenters. The van der Waals surface area contributed by atoms with E-state index in [0.29, 0.717) is 23.4 Å². The van der Waals surface area contributed by atoms with Gasteiger partial charge in [0.15, 0.2) is 5.60 Å². The molecule has 1 aliphatic heterocycles. The maximum atomic E-state index is 13.4. The Morgan fingerprint density at radius 3 is 2.46 bits per heavy atom. The van der Waals surface area contributed by atoms with E-state index >= 15 is 0 Å². The molecule has 1 amide bonds. The van der Waals surface area contributed by atoms with Crippen LogP contribution in [0.15, 0.2) is 78.9 Å². The van der Waals surface area contributed by atoms with Crippen molar-refractivity contribution < 1.29 is 19.4 Å². The van der Waals surface area contributed by atoms with Crippen LogP contribution < -0.4 is 4.90 Å². The fourth-order valence-corrected chi connectivity index (χ4v) is 3.63. The standard InChI is InChI=1S/C23H19NO4/c1-28-21(25)17-10-7-11-18(14-17)23(27)19-12-5-6-13-20(19)24(22(23)26)15-16-8-3-2-4-9-16/h2-14,27H,15H2,1H3. The average Bonchev–Trinajstić information content (AvgIpc) is 2.97. The maximum absolute atomic E-state index is 13.4. The molecule has 0 bridgehead atoms. The van der Waals surface area contributed by atoms with Gasteiger partial charge in [-0.25, -0.2) is 4.79 Å². The molecule has 1 aliphatic rings. The monoisotopic (exact) mass is 373 g/mol. The van der Waals surface area contributed by atoms with Crippen LogP contribution >= 0.6 is 0 Å². The first-order valence-electron chi connectivity index (χ1n) is 8.92. The van der Waals surface area contributed by atoms with Gasteiger partial charge in [-0.2, -0.15) is 0 Å². The number of esters is 1. The maximum Gasteiger partial charge on any atom is 0.337 e. The van der Waals surface area contributed by atoms with Gasteiger partial charge in [0.05, 0.1) is 24.9 Å². The number of para-hydroxylation sites is 1. The van der Waals surface area contributed by atoms with Crippen molar-refractivity contribution in [2.45, 2.75) is 12.1 Å². The van der Waals surface area contributed by atoms with E-state index in [9.17, 15) is 14.7 Å². The summed E-state index contributed by atoms with van der Waals surface area (Å²) < 4.78 is 4.77. The van der Waals surface area contributed by atoms with Gasteiger partial charge in [-0.3, -0.25) is 4.79 Å². The summed E-state index contributed by atoms with van der Waals surface area (Å²) >= 11 is 0. The smallest absolute Gasteiger partial charge is 0.337 e. The molecule has 4 rings (SSSR count). The number of hydrogen-bond donors (Lipinski definition) is 1. The van der Waals surface area contributed by atoms with Gasteiger partial charge in [0.25, 0.3) is 5.91 Å². The first kappa shape index (κ1) is 17.9. The Labute approximate surface area is 162 Å². The summed E-state index contributed by atoms with van der Waals surface area (Å²) in [5.74, 6) is -0.968. The number of fused-ring (bicyclic) bond motifs is 1. The van der Waals surface area contributed by atoms with Gasteiger partial charge in [-0.1, -0.05) is 60.7 Å². The van der Waals surface area contributed by atoms with E-state index in [1.807, 2.05) is 42.5 Å². The predicted octanol–water partition coefficient (Wildman–Crippen LogP) is 3.26. The minimum absolute atomic E-state index is 0.278. The molecule has 1 unspecified atom stereocenters. The van der Waals surface area contributed by atoms with Crippen LogP contribution in [0.4, 0.5) is 5.69 Å². The molecule has 1 heterocycles. The summed E-state index contributed by atoms with van der Waals surface area (Å²) in [6.07, 6.45) is 0. The summed E-state index contributed by atoms with van der Waals surface area (Å²) in [5, 5.41) is 11.6. The SMILES string of the molecule is COC(=O)c1cccc(C2(O)C(=O)N(Cc3ccccc3)c3ccccc32)c1. The molecule has 5 nitrogen and oxygen atoms in total. The molecule has 0 saturated carbocycles. The molecule has 0 spiro atoms. The summed E-state index contributed by atoms with van der Waals surface area (Å²) in [5.41, 5.74) is 0.859. The van der Waals surface area contributed by atoms with E-state index in [-0.39, 0.29) is 5.56 Å². The Morgan fingerprint density at radius 2 is 1.71 bits per heavy atom. The number of ether oxygens (including phenoxy) is 1. The number of nitrogens with zero attached hydrogens (tertiary/aromatic N) is 1. The Kier molecular flexibility index (Phi) is 4.45. The van der Waals surface area contributed by atoms with Crippen molar-refractivity contribution in [1.82, 2.24) is 0 Å². The fourth-order valence-electron chi connectivity index (χ4n) is 3.63. The van der Waals surface area contributed by atoms with Crippen LogP contribution in [-0.2, 0) is 21.7 Å². The molecule has 28 heavy (non-hydrogen) atoms. The number of rotatable bonds is 4. The van der Waals surface area contributed by atoms with Crippen LogP contribution in [0.25, 0.3) is 0 Å². The Hall–Kier alpha value is -3.44. The minimum Gasteiger partial charge on any atom is -0.465 e. The van der Waals surface area contributed by atoms with Crippen LogP contribution in [0.5, 0.6) is 0 Å². The van der Waals surface area contributed by atoms with Crippen LogP contribution in [0, 0.1) is 0 Å². The van der Waals surface area contributed by atoms with E-state index in [1.165, 1.54) is 13.2 Å². The topological polar surface area (TPSA) is 66.8 Å². The number of anilines is 1. The van der Waals surface area contributed by atoms with Gasteiger partial charge in [0, 0.05) is 5.56 Å². The van der Waals surface area contributed by atoms with Crippen LogP contribution in [-0.4, -0.2) is 24.1 Å². The lowest BCUT2D eigenvalue weighted by atomic mass is 9.86. The molecule has 0 aliphatic carbocycles. The largest absolute Gasteiger partial charge is 0.465 e. The first-order valence-corrected chi connectivity index (χ1v) is 8.92. The molecule has 140 valence electrons. The van der Waals surface area contributed by atoms with Crippen molar-refractivity contribution in [2.75, 3.05) is 12.0 Å². The second-order valence-corrected chi connectivity index (χ2v) is 6.68. The minimum atomic E-state index is -1.87. The molecule has 3 aromatic carbocycles. The van der Waals surface area contributed by atoms with Crippen LogP contribution in [0.3, 0.4) is 0 Å². The van der Waals surface area contributed by atoms with Crippen molar-refractivity contribution in [3.05, 3.63) is 101 Å². The highest BCUT2D eigenvalue weighted by molar-refractivity contribution is 6.09. The zero-order chi connectivity index (χ0) is 19.7. The summed E-state index contributed by atoms with van der Waals surface area (Å²) in [6, 6.07) is 23.2. The zero-order valence-corrected chi connectivity index (χ0v) is 15.3. The van der Waals surface area contributed by atoms with Crippen molar-refractivity contribution in [1.29, 1.82) is 0 Å². The van der Waals surface area contributed by atoms with Crippen LogP contribution in [0.2, 0.25) is 0 Å². The second kappa shape index (κ2) is 6.94. The normalized spacial score (nSPS) is 18.1. The molecule has 0 radical (unpaired) electrons. The summed E-state index contributed by atoms with van der Waals surface area (Å²) in [4.78, 5) is 26.9. The predicted molar refractivity (Wildman–Crippen MR) is 105 cm³/mol. The third-order valence-electron chi connectivity index (χ3n) is 5.02. The quantitative estimate of drug-likeness (QED) is 0.713. The Bertz CT molecular complexity index is 1050. The van der Waals surface area contributed by atoms with Crippen molar-refractivity contribution in [3.8, 4) is 0 Å². The highest BCUT2D eigenvalue weighted by Gasteiger charge is 2.51. The third kappa shape index (κ3) is 2.77. The Balaban J connectivity index is 1.81. The molecule has 0 saturated heterocycles. The molecule has 3 aromatic rings. The van der Waals surface area contributed by atoms with Crippen molar-refractivity contribution in [3.63, 3.8) is 0 Å². The van der Waals surface area contributed by atoms with Gasteiger partial charge < -0.3 is 14.7 Å². The Morgan fingerprint density at radius 1 is 1.00 bits per heavy atom. The summed E-state index contributed by atoms with van der Waals surface area (Å²) in [6.45, 7) is 0.343. The van der Waals surface area contributed by atoms with Gasteiger partial charge in [-0.15, -0.1) is 0 Å². The lowest BCUT2D eigenvalue weighted by Gasteiger charge is -2.24. The third-order valence-corrected chi connectivity index (χ3v) is 5.02. The number of benzene rings is 3. The summed E-state index contributed by atoms with van der Waals surface area (Å²) in [7, 11) is 1.29. The van der Waals surface area contributed by atoms with E-state index < -0.39 is 17.5 Å². The van der Waals surface area contributed by atoms with Gasteiger partial charge in [-0.05, 0) is 29.3 Å². The number of carbonyl (C=O) groups excluding carboxylic acids is 2. The van der Waals surface area contributed by atoms with E-state index in [4.69, 9.17) is 4.74 Å². The van der Waals surface area contributed by atoms with E-state index in [1.54, 1.807) is 35.2 Å². The highest BCUT2D eigenvalue weighted by Crippen LogP contribution is 2.45. The van der Waals surface area contributed by atoms with Gasteiger partial charge in [0.1, 0.15) is 0 Å². The number of carbonyl (C=O) groups is 2. The second-order valence-electron chi connectivity index (χ2n) is 6.68. The number of amides is 1. The average molecular weight is 373 g/mol.